The maximum absolute atomic E-state index is 10.4. The van der Waals surface area contributed by atoms with Crippen LogP contribution in [0.1, 0.15) is 38.5 Å². The highest BCUT2D eigenvalue weighted by atomic mass is 79.9. The molecule has 2 aliphatic carbocycles. The summed E-state index contributed by atoms with van der Waals surface area (Å²) in [6.07, 6.45) is 6.79. The Balaban J connectivity index is 0.000000145. The Kier molecular flexibility index (Phi) is 4.19. The third-order valence-corrected chi connectivity index (χ3v) is 4.87. The second kappa shape index (κ2) is 4.75. The van der Waals surface area contributed by atoms with Crippen molar-refractivity contribution in [3.63, 3.8) is 0 Å². The van der Waals surface area contributed by atoms with E-state index in [1.165, 1.54) is 19.3 Å². The van der Waals surface area contributed by atoms with Gasteiger partial charge in [0.15, 0.2) is 0 Å². The number of hydrogen-bond acceptors (Lipinski definition) is 2. The Hall–Kier alpha value is 0.390. The summed E-state index contributed by atoms with van der Waals surface area (Å²) in [5.41, 5.74) is 0. The van der Waals surface area contributed by atoms with Crippen LogP contribution in [0.5, 0.6) is 0 Å². The van der Waals surface area contributed by atoms with Crippen molar-refractivity contribution in [1.29, 1.82) is 0 Å². The van der Waals surface area contributed by atoms with Crippen molar-refractivity contribution in [3.8, 4) is 0 Å². The quantitative estimate of drug-likeness (QED) is 0.738. The summed E-state index contributed by atoms with van der Waals surface area (Å²) in [4.78, 5) is 0.877. The minimum atomic E-state index is -3.17. The summed E-state index contributed by atoms with van der Waals surface area (Å²) < 4.78 is 20.8. The minimum absolute atomic E-state index is 0.220. The molecule has 0 atom stereocenters. The van der Waals surface area contributed by atoms with Crippen LogP contribution in [0.15, 0.2) is 0 Å². The zero-order valence-corrected chi connectivity index (χ0v) is 9.98. The summed E-state index contributed by atoms with van der Waals surface area (Å²) in [6.45, 7) is 0. The molecule has 2 rings (SSSR count). The Bertz CT molecular complexity index is 245. The highest BCUT2D eigenvalue weighted by molar-refractivity contribution is 9.09. The molecular formula is C8H16BrNO2S. The number of sulfonamides is 1. The Morgan fingerprint density at radius 2 is 1.46 bits per heavy atom. The Morgan fingerprint density at radius 1 is 1.08 bits per heavy atom. The third-order valence-electron chi connectivity index (χ3n) is 2.55. The molecule has 0 heterocycles. The molecule has 0 aromatic heterocycles. The monoisotopic (exact) mass is 269 g/mol. The standard InChI is InChI=1S/C4H7Br.C4H9NO2S/c5-4-2-1-3-4;5-8(6,7)4-2-1-3-4/h4H,1-3H2;4H,1-3H2,(H2,5,6,7). The average Bonchev–Trinajstić information content (AvgIpc) is 1.76. The van der Waals surface area contributed by atoms with Crippen LogP contribution in [0.2, 0.25) is 0 Å². The fourth-order valence-electron chi connectivity index (χ4n) is 1.06. The number of rotatable bonds is 1. The maximum atomic E-state index is 10.4. The van der Waals surface area contributed by atoms with E-state index < -0.39 is 10.0 Å². The number of nitrogens with two attached hydrogens (primary N) is 1. The van der Waals surface area contributed by atoms with E-state index in [2.05, 4.69) is 15.9 Å². The lowest BCUT2D eigenvalue weighted by atomic mass is 10.0. The summed E-state index contributed by atoms with van der Waals surface area (Å²) >= 11 is 3.46. The number of alkyl halides is 1. The van der Waals surface area contributed by atoms with Gasteiger partial charge in [0.05, 0.1) is 5.25 Å². The lowest BCUT2D eigenvalue weighted by Gasteiger charge is -2.21. The van der Waals surface area contributed by atoms with Crippen LogP contribution >= 0.6 is 15.9 Å². The first-order valence-corrected chi connectivity index (χ1v) is 7.18. The molecule has 2 fully saturated rings. The van der Waals surface area contributed by atoms with E-state index in [-0.39, 0.29) is 5.25 Å². The van der Waals surface area contributed by atoms with Gasteiger partial charge in [0, 0.05) is 4.83 Å². The molecule has 2 saturated carbocycles. The van der Waals surface area contributed by atoms with Crippen LogP contribution in [0, 0.1) is 0 Å². The Morgan fingerprint density at radius 3 is 1.46 bits per heavy atom. The van der Waals surface area contributed by atoms with Gasteiger partial charge < -0.3 is 0 Å². The maximum Gasteiger partial charge on any atom is 0.211 e. The average molecular weight is 270 g/mol. The van der Waals surface area contributed by atoms with E-state index in [9.17, 15) is 8.42 Å². The van der Waals surface area contributed by atoms with E-state index in [1.54, 1.807) is 0 Å². The first-order valence-electron chi connectivity index (χ1n) is 4.66. The number of primary sulfonamides is 1. The second-order valence-corrected chi connectivity index (χ2v) is 6.81. The first kappa shape index (κ1) is 11.5. The van der Waals surface area contributed by atoms with Crippen LogP contribution in [0.4, 0.5) is 0 Å². The summed E-state index contributed by atoms with van der Waals surface area (Å²) in [7, 11) is -3.17. The molecule has 5 heteroatoms. The van der Waals surface area contributed by atoms with Crippen molar-refractivity contribution in [2.75, 3.05) is 0 Å². The van der Waals surface area contributed by atoms with Crippen LogP contribution in [-0.4, -0.2) is 18.5 Å². The van der Waals surface area contributed by atoms with Crippen LogP contribution in [-0.2, 0) is 10.0 Å². The SMILES string of the molecule is BrC1CCC1.NS(=O)(=O)C1CCC1. The van der Waals surface area contributed by atoms with E-state index in [0.29, 0.717) is 0 Å². The van der Waals surface area contributed by atoms with Gasteiger partial charge in [0.25, 0.3) is 0 Å². The van der Waals surface area contributed by atoms with Gasteiger partial charge in [-0.25, -0.2) is 13.6 Å². The van der Waals surface area contributed by atoms with Gasteiger partial charge in [-0.3, -0.25) is 0 Å². The van der Waals surface area contributed by atoms with Crippen LogP contribution < -0.4 is 5.14 Å². The fourth-order valence-corrected chi connectivity index (χ4v) is 2.70. The fraction of sp³-hybridized carbons (Fsp3) is 1.00. The van der Waals surface area contributed by atoms with Crippen molar-refractivity contribution in [3.05, 3.63) is 0 Å². The highest BCUT2D eigenvalue weighted by Crippen LogP contribution is 2.25. The van der Waals surface area contributed by atoms with Crippen molar-refractivity contribution in [2.45, 2.75) is 48.6 Å². The summed E-state index contributed by atoms with van der Waals surface area (Å²) in [6, 6.07) is 0. The molecule has 0 spiro atoms. The zero-order valence-electron chi connectivity index (χ0n) is 7.58. The predicted molar refractivity (Wildman–Crippen MR) is 57.3 cm³/mol. The lowest BCUT2D eigenvalue weighted by molar-refractivity contribution is 0.477. The lowest BCUT2D eigenvalue weighted by Crippen LogP contribution is -2.33. The largest absolute Gasteiger partial charge is 0.228 e. The molecule has 0 aromatic rings. The third kappa shape index (κ3) is 3.95. The van der Waals surface area contributed by atoms with Crippen LogP contribution in [0.25, 0.3) is 0 Å². The molecule has 0 saturated heterocycles. The molecule has 13 heavy (non-hydrogen) atoms. The number of hydrogen-bond donors (Lipinski definition) is 1. The van der Waals surface area contributed by atoms with Gasteiger partial charge in [-0.15, -0.1) is 0 Å². The molecule has 3 nitrogen and oxygen atoms in total. The van der Waals surface area contributed by atoms with Gasteiger partial charge in [0.1, 0.15) is 0 Å². The predicted octanol–water partition coefficient (Wildman–Crippen LogP) is 1.76. The van der Waals surface area contributed by atoms with E-state index >= 15 is 0 Å². The molecule has 2 aliphatic rings. The van der Waals surface area contributed by atoms with Crippen molar-refractivity contribution in [2.24, 2.45) is 5.14 Å². The van der Waals surface area contributed by atoms with Crippen molar-refractivity contribution < 1.29 is 8.42 Å². The molecule has 0 amide bonds. The molecule has 0 radical (unpaired) electrons. The van der Waals surface area contributed by atoms with Gasteiger partial charge in [-0.1, -0.05) is 28.8 Å². The normalized spacial score (nSPS) is 23.8. The molecule has 0 aromatic carbocycles. The molecule has 78 valence electrons. The molecular weight excluding hydrogens is 254 g/mol. The number of halogens is 1. The summed E-state index contributed by atoms with van der Waals surface area (Å²) in [5.74, 6) is 0. The highest BCUT2D eigenvalue weighted by Gasteiger charge is 2.27. The smallest absolute Gasteiger partial charge is 0.211 e. The molecule has 0 bridgehead atoms. The van der Waals surface area contributed by atoms with Gasteiger partial charge >= 0.3 is 0 Å². The van der Waals surface area contributed by atoms with E-state index in [4.69, 9.17) is 5.14 Å². The Labute approximate surface area is 88.3 Å². The van der Waals surface area contributed by atoms with Gasteiger partial charge in [-0.05, 0) is 25.7 Å². The first-order chi connectivity index (χ1) is 6.00. The van der Waals surface area contributed by atoms with Gasteiger partial charge in [-0.2, -0.15) is 0 Å². The topological polar surface area (TPSA) is 60.2 Å². The van der Waals surface area contributed by atoms with Crippen molar-refractivity contribution in [1.82, 2.24) is 0 Å². The van der Waals surface area contributed by atoms with Crippen LogP contribution in [0.3, 0.4) is 0 Å². The summed E-state index contributed by atoms with van der Waals surface area (Å²) in [5, 5.41) is 4.59. The molecule has 0 unspecified atom stereocenters. The van der Waals surface area contributed by atoms with E-state index in [1.807, 2.05) is 0 Å². The van der Waals surface area contributed by atoms with E-state index in [0.717, 1.165) is 24.1 Å². The van der Waals surface area contributed by atoms with Gasteiger partial charge in [0.2, 0.25) is 10.0 Å². The molecule has 0 aliphatic heterocycles. The van der Waals surface area contributed by atoms with Crippen molar-refractivity contribution >= 4 is 26.0 Å². The molecule has 2 N–H and O–H groups in total. The zero-order chi connectivity index (χ0) is 9.90. The second-order valence-electron chi connectivity index (χ2n) is 3.67. The minimum Gasteiger partial charge on any atom is -0.228 e.